The number of likely N-dealkylation sites (N-methyl/N-ethyl adjacent to an activating group) is 2. The van der Waals surface area contributed by atoms with Gasteiger partial charge in [0.2, 0.25) is 0 Å². The van der Waals surface area contributed by atoms with Crippen LogP contribution in [0.5, 0.6) is 11.5 Å². The van der Waals surface area contributed by atoms with E-state index in [2.05, 4.69) is 126 Å². The Morgan fingerprint density at radius 3 is 1.16 bits per heavy atom. The first-order valence-corrected chi connectivity index (χ1v) is 14.2. The van der Waals surface area contributed by atoms with E-state index < -0.39 is 0 Å². The van der Waals surface area contributed by atoms with Crippen LogP contribution in [0.4, 0.5) is 0 Å². The van der Waals surface area contributed by atoms with Crippen molar-refractivity contribution in [2.45, 2.75) is 80.6 Å². The quantitative estimate of drug-likeness (QED) is 0.221. The largest absolute Gasteiger partial charge is 0.491 e. The molecule has 0 amide bonds. The number of benzene rings is 3. The van der Waals surface area contributed by atoms with E-state index in [9.17, 15) is 0 Å². The third kappa shape index (κ3) is 8.09. The van der Waals surface area contributed by atoms with Crippen LogP contribution in [0.3, 0.4) is 0 Å². The number of rotatable bonds is 14. The predicted molar refractivity (Wildman–Crippen MR) is 160 cm³/mol. The molecule has 0 heterocycles. The molecule has 2 atom stereocenters. The van der Waals surface area contributed by atoms with Gasteiger partial charge in [-0.25, -0.2) is 0 Å². The van der Waals surface area contributed by atoms with Crippen LogP contribution in [0, 0.1) is 27.7 Å². The van der Waals surface area contributed by atoms with E-state index in [0.29, 0.717) is 25.3 Å². The molecule has 206 valence electrons. The molecule has 0 aliphatic heterocycles. The summed E-state index contributed by atoms with van der Waals surface area (Å²) < 4.78 is 12.5. The van der Waals surface area contributed by atoms with Gasteiger partial charge in [0.25, 0.3) is 0 Å². The van der Waals surface area contributed by atoms with E-state index in [-0.39, 0.29) is 0 Å². The Labute approximate surface area is 231 Å². The lowest BCUT2D eigenvalue weighted by Gasteiger charge is -2.29. The number of para-hydroxylation sites is 2. The number of hydrogen-bond acceptors (Lipinski definition) is 4. The molecule has 0 aliphatic rings. The molecule has 4 nitrogen and oxygen atoms in total. The molecule has 0 saturated heterocycles. The van der Waals surface area contributed by atoms with Gasteiger partial charge in [0.15, 0.2) is 0 Å². The van der Waals surface area contributed by atoms with Gasteiger partial charge in [-0.1, -0.05) is 74.5 Å². The maximum absolute atomic E-state index is 6.25. The van der Waals surface area contributed by atoms with Gasteiger partial charge < -0.3 is 9.47 Å². The summed E-state index contributed by atoms with van der Waals surface area (Å²) in [4.78, 5) is 4.96. The average Bonchev–Trinajstić information content (AvgIpc) is 2.90. The molecule has 2 unspecified atom stereocenters. The first-order chi connectivity index (χ1) is 18.2. The highest BCUT2D eigenvalue weighted by atomic mass is 16.5. The molecular formula is C34H48N2O2. The zero-order chi connectivity index (χ0) is 27.7. The summed E-state index contributed by atoms with van der Waals surface area (Å²) in [7, 11) is 0. The third-order valence-electron chi connectivity index (χ3n) is 7.61. The van der Waals surface area contributed by atoms with Gasteiger partial charge in [-0.05, 0) is 88.0 Å². The predicted octanol–water partition coefficient (Wildman–Crippen LogP) is 7.50. The van der Waals surface area contributed by atoms with E-state index in [1.807, 2.05) is 0 Å². The minimum absolute atomic E-state index is 0.326. The van der Waals surface area contributed by atoms with Gasteiger partial charge in [-0.3, -0.25) is 9.80 Å². The van der Waals surface area contributed by atoms with Crippen LogP contribution < -0.4 is 9.47 Å². The second-order valence-corrected chi connectivity index (χ2v) is 10.7. The molecular weight excluding hydrogens is 468 g/mol. The van der Waals surface area contributed by atoms with Crippen LogP contribution in [0.1, 0.15) is 61.1 Å². The molecule has 3 aromatic carbocycles. The highest BCUT2D eigenvalue weighted by Crippen LogP contribution is 2.24. The van der Waals surface area contributed by atoms with Crippen molar-refractivity contribution in [1.29, 1.82) is 0 Å². The zero-order valence-electron chi connectivity index (χ0n) is 24.9. The minimum Gasteiger partial charge on any atom is -0.491 e. The summed E-state index contributed by atoms with van der Waals surface area (Å²) >= 11 is 0. The maximum atomic E-state index is 6.25. The first-order valence-electron chi connectivity index (χ1n) is 14.2. The molecule has 0 bridgehead atoms. The molecule has 0 spiro atoms. The van der Waals surface area contributed by atoms with Gasteiger partial charge in [0.1, 0.15) is 24.7 Å². The Hall–Kier alpha value is -2.82. The topological polar surface area (TPSA) is 24.9 Å². The third-order valence-corrected chi connectivity index (χ3v) is 7.61. The fourth-order valence-corrected chi connectivity index (χ4v) is 5.05. The highest BCUT2D eigenvalue weighted by Gasteiger charge is 2.17. The van der Waals surface area contributed by atoms with Crippen molar-refractivity contribution in [3.8, 4) is 11.5 Å². The summed E-state index contributed by atoms with van der Waals surface area (Å²) in [6, 6.07) is 22.4. The molecule has 0 saturated carbocycles. The van der Waals surface area contributed by atoms with Crippen LogP contribution >= 0.6 is 0 Å². The van der Waals surface area contributed by atoms with Crippen molar-refractivity contribution in [3.05, 3.63) is 94.0 Å². The standard InChI is InChI=1S/C34H48N2O2/c1-9-35(29(7)23-37-33-25(3)13-11-14-26(33)4)21-31-17-19-32(20-18-31)22-36(10-2)30(8)24-38-34-27(5)15-12-16-28(34)6/h11-20,29-30H,9-10,21-24H2,1-8H3. The van der Waals surface area contributed by atoms with Crippen molar-refractivity contribution in [2.75, 3.05) is 26.3 Å². The first kappa shape index (κ1) is 29.7. The van der Waals surface area contributed by atoms with Gasteiger partial charge in [-0.15, -0.1) is 0 Å². The summed E-state index contributed by atoms with van der Waals surface area (Å²) in [5.74, 6) is 2.04. The minimum atomic E-state index is 0.326. The fraction of sp³-hybridized carbons (Fsp3) is 0.471. The van der Waals surface area contributed by atoms with Crippen LogP contribution in [-0.4, -0.2) is 48.2 Å². The van der Waals surface area contributed by atoms with Crippen LogP contribution in [0.15, 0.2) is 60.7 Å². The lowest BCUT2D eigenvalue weighted by molar-refractivity contribution is 0.143. The van der Waals surface area contributed by atoms with Crippen LogP contribution in [0.25, 0.3) is 0 Å². The van der Waals surface area contributed by atoms with E-state index in [1.54, 1.807) is 0 Å². The summed E-state index contributed by atoms with van der Waals surface area (Å²) in [5, 5.41) is 0. The van der Waals surface area contributed by atoms with Crippen molar-refractivity contribution in [2.24, 2.45) is 0 Å². The molecule has 4 heteroatoms. The molecule has 3 rings (SSSR count). The molecule has 0 fully saturated rings. The summed E-state index contributed by atoms with van der Waals surface area (Å²) in [6.45, 7) is 22.6. The number of nitrogens with zero attached hydrogens (tertiary/aromatic N) is 2. The Kier molecular flexibility index (Phi) is 11.2. The van der Waals surface area contributed by atoms with E-state index in [0.717, 1.165) is 37.7 Å². The van der Waals surface area contributed by atoms with E-state index in [1.165, 1.54) is 33.4 Å². The Bertz CT molecular complexity index is 1010. The van der Waals surface area contributed by atoms with Crippen LogP contribution in [-0.2, 0) is 13.1 Å². The SMILES string of the molecule is CCN(Cc1ccc(CN(CC)C(C)COc2c(C)cccc2C)cc1)C(C)COc1c(C)cccc1C. The number of ether oxygens (including phenoxy) is 2. The molecule has 0 N–H and O–H groups in total. The Morgan fingerprint density at radius 2 is 0.868 bits per heavy atom. The monoisotopic (exact) mass is 516 g/mol. The van der Waals surface area contributed by atoms with Gasteiger partial charge in [0, 0.05) is 25.2 Å². The van der Waals surface area contributed by atoms with Gasteiger partial charge >= 0.3 is 0 Å². The van der Waals surface area contributed by atoms with Crippen molar-refractivity contribution in [1.82, 2.24) is 9.80 Å². The van der Waals surface area contributed by atoms with E-state index >= 15 is 0 Å². The molecule has 0 radical (unpaired) electrons. The van der Waals surface area contributed by atoms with Gasteiger partial charge in [0.05, 0.1) is 0 Å². The molecule has 38 heavy (non-hydrogen) atoms. The smallest absolute Gasteiger partial charge is 0.125 e. The second-order valence-electron chi connectivity index (χ2n) is 10.7. The number of aryl methyl sites for hydroxylation is 4. The summed E-state index contributed by atoms with van der Waals surface area (Å²) in [5.41, 5.74) is 7.46. The highest BCUT2D eigenvalue weighted by molar-refractivity contribution is 5.40. The molecule has 0 aromatic heterocycles. The van der Waals surface area contributed by atoms with E-state index in [4.69, 9.17) is 9.47 Å². The van der Waals surface area contributed by atoms with Crippen molar-refractivity contribution < 1.29 is 9.47 Å². The molecule has 0 aliphatic carbocycles. The summed E-state index contributed by atoms with van der Waals surface area (Å²) in [6.07, 6.45) is 0. The lowest BCUT2D eigenvalue weighted by Crippen LogP contribution is -2.37. The molecule has 3 aromatic rings. The average molecular weight is 517 g/mol. The number of hydrogen-bond donors (Lipinski definition) is 0. The van der Waals surface area contributed by atoms with Crippen molar-refractivity contribution in [3.63, 3.8) is 0 Å². The lowest BCUT2D eigenvalue weighted by atomic mass is 10.1. The normalized spacial score (nSPS) is 13.1. The fourth-order valence-electron chi connectivity index (χ4n) is 5.05. The van der Waals surface area contributed by atoms with Gasteiger partial charge in [-0.2, -0.15) is 0 Å². The van der Waals surface area contributed by atoms with Crippen LogP contribution in [0.2, 0.25) is 0 Å². The Morgan fingerprint density at radius 1 is 0.553 bits per heavy atom. The van der Waals surface area contributed by atoms with Crippen molar-refractivity contribution >= 4 is 0 Å². The maximum Gasteiger partial charge on any atom is 0.125 e. The Balaban J connectivity index is 1.53. The zero-order valence-corrected chi connectivity index (χ0v) is 24.9. The second kappa shape index (κ2) is 14.4.